The van der Waals surface area contributed by atoms with Crippen molar-refractivity contribution in [1.29, 1.82) is 0 Å². The molecule has 0 amide bonds. The molecule has 0 fully saturated rings. The molecule has 0 aliphatic carbocycles. The van der Waals surface area contributed by atoms with Crippen LogP contribution in [0.5, 0.6) is 0 Å². The fourth-order valence-electron chi connectivity index (χ4n) is 1.56. The Morgan fingerprint density at radius 1 is 1.00 bits per heavy atom. The molecule has 0 heterocycles. The van der Waals surface area contributed by atoms with Crippen LogP contribution in [0.3, 0.4) is 0 Å². The summed E-state index contributed by atoms with van der Waals surface area (Å²) in [5, 5.41) is 0. The Bertz CT molecular complexity index is 474. The summed E-state index contributed by atoms with van der Waals surface area (Å²) in [5.74, 6) is 0. The van der Waals surface area contributed by atoms with Crippen molar-refractivity contribution < 1.29 is 0 Å². The largest absolute Gasteiger partial charge is 0.0991 e. The SMILES string of the molecule is C=C\C=C/C(=C\C)C(/C)=C/C(=C)/C(C=C)=C/C=C\C. The first-order valence-electron chi connectivity index (χ1n) is 6.39. The van der Waals surface area contributed by atoms with Crippen LogP contribution in [0, 0.1) is 0 Å². The minimum atomic E-state index is 0.956. The lowest BCUT2D eigenvalue weighted by molar-refractivity contribution is 1.38. The van der Waals surface area contributed by atoms with Crippen molar-refractivity contribution in [3.63, 3.8) is 0 Å². The summed E-state index contributed by atoms with van der Waals surface area (Å²) in [7, 11) is 0. The van der Waals surface area contributed by atoms with Gasteiger partial charge in [-0.3, -0.25) is 0 Å². The fraction of sp³-hybridized carbons (Fsp3) is 0.158. The van der Waals surface area contributed by atoms with Gasteiger partial charge < -0.3 is 0 Å². The summed E-state index contributed by atoms with van der Waals surface area (Å²) in [4.78, 5) is 0. The summed E-state index contributed by atoms with van der Waals surface area (Å²) < 4.78 is 0. The Hall–Kier alpha value is -2.08. The maximum atomic E-state index is 4.09. The predicted molar refractivity (Wildman–Crippen MR) is 89.1 cm³/mol. The van der Waals surface area contributed by atoms with Gasteiger partial charge in [0.25, 0.3) is 0 Å². The van der Waals surface area contributed by atoms with Gasteiger partial charge in [0, 0.05) is 0 Å². The van der Waals surface area contributed by atoms with Crippen LogP contribution in [-0.2, 0) is 0 Å². The molecular formula is C19H24. The molecule has 0 aromatic heterocycles. The number of hydrogen-bond acceptors (Lipinski definition) is 0. The summed E-state index contributed by atoms with van der Waals surface area (Å²) >= 11 is 0. The van der Waals surface area contributed by atoms with Gasteiger partial charge in [-0.1, -0.05) is 74.4 Å². The zero-order valence-electron chi connectivity index (χ0n) is 12.3. The van der Waals surface area contributed by atoms with E-state index in [1.54, 1.807) is 6.08 Å². The summed E-state index contributed by atoms with van der Waals surface area (Å²) in [6.45, 7) is 17.7. The van der Waals surface area contributed by atoms with E-state index >= 15 is 0 Å². The Labute approximate surface area is 118 Å². The quantitative estimate of drug-likeness (QED) is 0.497. The minimum Gasteiger partial charge on any atom is -0.0991 e. The number of allylic oxidation sites excluding steroid dienone is 13. The summed E-state index contributed by atoms with van der Waals surface area (Å²) in [6.07, 6.45) is 17.7. The molecule has 0 spiro atoms. The van der Waals surface area contributed by atoms with Gasteiger partial charge in [-0.15, -0.1) is 0 Å². The summed E-state index contributed by atoms with van der Waals surface area (Å²) in [5.41, 5.74) is 4.31. The van der Waals surface area contributed by atoms with Gasteiger partial charge in [0.15, 0.2) is 0 Å². The standard InChI is InChI=1S/C19H24/c1-7-11-13-18(9-3)16(5)15-17(6)19(10-4)14-12-8-2/h7-15H,1,4,6H2,2-3,5H3/b12-8-,13-11-,16-15+,18-9+,19-14+. The van der Waals surface area contributed by atoms with Crippen LogP contribution in [0.15, 0.2) is 96.7 Å². The third kappa shape index (κ3) is 6.42. The zero-order chi connectivity index (χ0) is 14.7. The van der Waals surface area contributed by atoms with E-state index < -0.39 is 0 Å². The topological polar surface area (TPSA) is 0 Å². The van der Waals surface area contributed by atoms with E-state index in [1.807, 2.05) is 50.3 Å². The molecule has 19 heavy (non-hydrogen) atoms. The maximum absolute atomic E-state index is 4.09. The van der Waals surface area contributed by atoms with E-state index in [2.05, 4.69) is 38.8 Å². The van der Waals surface area contributed by atoms with E-state index in [1.165, 1.54) is 5.57 Å². The van der Waals surface area contributed by atoms with Gasteiger partial charge in [0.1, 0.15) is 0 Å². The van der Waals surface area contributed by atoms with Gasteiger partial charge in [0.2, 0.25) is 0 Å². The van der Waals surface area contributed by atoms with Crippen LogP contribution in [-0.4, -0.2) is 0 Å². The van der Waals surface area contributed by atoms with Crippen molar-refractivity contribution >= 4 is 0 Å². The third-order valence-electron chi connectivity index (χ3n) is 2.63. The number of rotatable bonds is 7. The Morgan fingerprint density at radius 2 is 1.68 bits per heavy atom. The molecule has 0 bridgehead atoms. The molecule has 0 atom stereocenters. The first-order chi connectivity index (χ1) is 9.10. The average molecular weight is 252 g/mol. The highest BCUT2D eigenvalue weighted by Gasteiger charge is 1.98. The van der Waals surface area contributed by atoms with E-state index in [-0.39, 0.29) is 0 Å². The third-order valence-corrected chi connectivity index (χ3v) is 2.63. The second-order valence-electron chi connectivity index (χ2n) is 4.04. The van der Waals surface area contributed by atoms with Gasteiger partial charge in [-0.05, 0) is 43.1 Å². The zero-order valence-corrected chi connectivity index (χ0v) is 12.3. The van der Waals surface area contributed by atoms with E-state index in [4.69, 9.17) is 0 Å². The van der Waals surface area contributed by atoms with Crippen molar-refractivity contribution in [1.82, 2.24) is 0 Å². The lowest BCUT2D eigenvalue weighted by Crippen LogP contribution is -1.86. The van der Waals surface area contributed by atoms with Crippen LogP contribution in [0.2, 0.25) is 0 Å². The van der Waals surface area contributed by atoms with E-state index in [9.17, 15) is 0 Å². The molecule has 0 aliphatic heterocycles. The van der Waals surface area contributed by atoms with E-state index in [0.29, 0.717) is 0 Å². The van der Waals surface area contributed by atoms with Crippen LogP contribution < -0.4 is 0 Å². The predicted octanol–water partition coefficient (Wildman–Crippen LogP) is 5.87. The van der Waals surface area contributed by atoms with Gasteiger partial charge >= 0.3 is 0 Å². The normalized spacial score (nSPS) is 14.2. The molecule has 0 radical (unpaired) electrons. The van der Waals surface area contributed by atoms with Crippen molar-refractivity contribution in [3.05, 3.63) is 96.7 Å². The highest BCUT2D eigenvalue weighted by Crippen LogP contribution is 2.18. The monoisotopic (exact) mass is 252 g/mol. The smallest absolute Gasteiger partial charge is 0.0196 e. The van der Waals surface area contributed by atoms with Crippen molar-refractivity contribution in [2.75, 3.05) is 0 Å². The molecule has 0 unspecified atom stereocenters. The van der Waals surface area contributed by atoms with Crippen molar-refractivity contribution in [2.45, 2.75) is 20.8 Å². The molecular weight excluding hydrogens is 228 g/mol. The molecule has 0 aromatic rings. The molecule has 0 heteroatoms. The first kappa shape index (κ1) is 16.9. The summed E-state index contributed by atoms with van der Waals surface area (Å²) in [6, 6.07) is 0. The number of hydrogen-bond donors (Lipinski definition) is 0. The van der Waals surface area contributed by atoms with Crippen molar-refractivity contribution in [2.24, 2.45) is 0 Å². The Balaban J connectivity index is 5.21. The van der Waals surface area contributed by atoms with E-state index in [0.717, 1.165) is 16.7 Å². The fourth-order valence-corrected chi connectivity index (χ4v) is 1.56. The highest BCUT2D eigenvalue weighted by atomic mass is 14.0. The molecule has 100 valence electrons. The lowest BCUT2D eigenvalue weighted by Gasteiger charge is -2.05. The highest BCUT2D eigenvalue weighted by molar-refractivity contribution is 5.51. The Kier molecular flexibility index (Phi) is 8.82. The van der Waals surface area contributed by atoms with Crippen LogP contribution >= 0.6 is 0 Å². The second-order valence-corrected chi connectivity index (χ2v) is 4.04. The van der Waals surface area contributed by atoms with Crippen LogP contribution in [0.4, 0.5) is 0 Å². The van der Waals surface area contributed by atoms with Crippen LogP contribution in [0.1, 0.15) is 20.8 Å². The molecule has 0 saturated heterocycles. The lowest BCUT2D eigenvalue weighted by atomic mass is 10.00. The molecule has 0 N–H and O–H groups in total. The van der Waals surface area contributed by atoms with Gasteiger partial charge in [0.05, 0.1) is 0 Å². The molecule has 0 nitrogen and oxygen atoms in total. The molecule has 0 aromatic carbocycles. The Morgan fingerprint density at radius 3 is 2.16 bits per heavy atom. The molecule has 0 rings (SSSR count). The minimum absolute atomic E-state index is 0.956. The van der Waals surface area contributed by atoms with Crippen molar-refractivity contribution in [3.8, 4) is 0 Å². The molecule has 0 aliphatic rings. The van der Waals surface area contributed by atoms with Crippen LogP contribution in [0.25, 0.3) is 0 Å². The van der Waals surface area contributed by atoms with Gasteiger partial charge in [-0.2, -0.15) is 0 Å². The maximum Gasteiger partial charge on any atom is -0.0196 e. The molecule has 0 saturated carbocycles. The average Bonchev–Trinajstić information content (AvgIpc) is 2.40. The second kappa shape index (κ2) is 9.90. The first-order valence-corrected chi connectivity index (χ1v) is 6.39. The van der Waals surface area contributed by atoms with Gasteiger partial charge in [-0.25, -0.2) is 0 Å².